The first-order valence-corrected chi connectivity index (χ1v) is 5.96. The number of halogens is 1. The van der Waals surface area contributed by atoms with E-state index < -0.39 is 6.17 Å². The lowest BCUT2D eigenvalue weighted by Crippen LogP contribution is -2.34. The molecule has 0 radical (unpaired) electrons. The highest BCUT2D eigenvalue weighted by atomic mass is 19.1. The highest BCUT2D eigenvalue weighted by Gasteiger charge is 2.20. The average Bonchev–Trinajstić information content (AvgIpc) is 2.26. The number of benzene rings is 1. The number of nitrogens with two attached hydrogens (primary N) is 1. The molecule has 1 rings (SSSR count). The van der Waals surface area contributed by atoms with Crippen LogP contribution in [0.15, 0.2) is 12.1 Å². The lowest BCUT2D eigenvalue weighted by Gasteiger charge is -2.22. The van der Waals surface area contributed by atoms with Gasteiger partial charge in [-0.2, -0.15) is 0 Å². The molecule has 1 unspecified atom stereocenters. The molecular formula is C14H22FNO2. The second-order valence-electron chi connectivity index (χ2n) is 5.19. The summed E-state index contributed by atoms with van der Waals surface area (Å²) >= 11 is 0. The molecule has 0 bridgehead atoms. The van der Waals surface area contributed by atoms with Crippen molar-refractivity contribution >= 4 is 0 Å². The van der Waals surface area contributed by atoms with E-state index in [1.54, 1.807) is 19.2 Å². The first-order valence-electron chi connectivity index (χ1n) is 5.96. The van der Waals surface area contributed by atoms with Gasteiger partial charge >= 0.3 is 0 Å². The lowest BCUT2D eigenvalue weighted by molar-refractivity contribution is 0.341. The summed E-state index contributed by atoms with van der Waals surface area (Å²) < 4.78 is 24.1. The van der Waals surface area contributed by atoms with E-state index in [2.05, 4.69) is 0 Å². The maximum Gasteiger partial charge on any atom is 0.128 e. The van der Waals surface area contributed by atoms with Gasteiger partial charge < -0.3 is 15.2 Å². The van der Waals surface area contributed by atoms with Gasteiger partial charge in [-0.1, -0.05) is 0 Å². The fourth-order valence-electron chi connectivity index (χ4n) is 1.93. The van der Waals surface area contributed by atoms with Crippen LogP contribution in [-0.2, 0) is 6.42 Å². The topological polar surface area (TPSA) is 44.5 Å². The minimum absolute atomic E-state index is 0.376. The predicted molar refractivity (Wildman–Crippen MR) is 71.0 cm³/mol. The summed E-state index contributed by atoms with van der Waals surface area (Å²) in [5.74, 6) is 1.18. The Kier molecular flexibility index (Phi) is 4.57. The van der Waals surface area contributed by atoms with E-state index in [1.165, 1.54) is 14.0 Å². The SMILES string of the molecule is COc1cc(OC)c(C(C)F)cc1CC(C)(C)N. The molecule has 0 amide bonds. The molecule has 0 saturated heterocycles. The van der Waals surface area contributed by atoms with Crippen molar-refractivity contribution in [3.8, 4) is 11.5 Å². The molecule has 0 spiro atoms. The zero-order valence-electron chi connectivity index (χ0n) is 11.7. The van der Waals surface area contributed by atoms with Crippen LogP contribution in [0.5, 0.6) is 11.5 Å². The Morgan fingerprint density at radius 3 is 2.17 bits per heavy atom. The van der Waals surface area contributed by atoms with Gasteiger partial charge in [0.05, 0.1) is 14.2 Å². The van der Waals surface area contributed by atoms with Crippen molar-refractivity contribution in [2.75, 3.05) is 14.2 Å². The second kappa shape index (κ2) is 5.57. The molecule has 102 valence electrons. The third-order valence-corrected chi connectivity index (χ3v) is 2.71. The maximum atomic E-state index is 13.6. The molecule has 0 heterocycles. The van der Waals surface area contributed by atoms with Crippen LogP contribution in [0.3, 0.4) is 0 Å². The Hall–Kier alpha value is -1.29. The molecule has 0 aromatic heterocycles. The molecule has 2 N–H and O–H groups in total. The van der Waals surface area contributed by atoms with Crippen LogP contribution in [0.4, 0.5) is 4.39 Å². The Bertz CT molecular complexity index is 411. The van der Waals surface area contributed by atoms with E-state index in [4.69, 9.17) is 15.2 Å². The molecule has 1 aromatic carbocycles. The molecule has 0 fully saturated rings. The zero-order chi connectivity index (χ0) is 13.9. The lowest BCUT2D eigenvalue weighted by atomic mass is 9.93. The average molecular weight is 255 g/mol. The van der Waals surface area contributed by atoms with Crippen LogP contribution >= 0.6 is 0 Å². The molecule has 0 saturated carbocycles. The smallest absolute Gasteiger partial charge is 0.128 e. The minimum atomic E-state index is -1.09. The summed E-state index contributed by atoms with van der Waals surface area (Å²) in [5.41, 5.74) is 7.05. The van der Waals surface area contributed by atoms with E-state index in [0.29, 0.717) is 23.5 Å². The summed E-state index contributed by atoms with van der Waals surface area (Å²) in [6, 6.07) is 3.49. The van der Waals surface area contributed by atoms with E-state index in [0.717, 1.165) is 5.56 Å². The van der Waals surface area contributed by atoms with Gasteiger partial charge in [0.1, 0.15) is 17.7 Å². The molecule has 4 heteroatoms. The van der Waals surface area contributed by atoms with Gasteiger partial charge in [-0.25, -0.2) is 4.39 Å². The normalized spacial score (nSPS) is 13.3. The zero-order valence-corrected chi connectivity index (χ0v) is 11.7. The fraction of sp³-hybridized carbons (Fsp3) is 0.571. The third kappa shape index (κ3) is 3.60. The maximum absolute atomic E-state index is 13.6. The van der Waals surface area contributed by atoms with E-state index in [-0.39, 0.29) is 5.54 Å². The van der Waals surface area contributed by atoms with Crippen LogP contribution in [0, 0.1) is 0 Å². The van der Waals surface area contributed by atoms with Gasteiger partial charge in [0.15, 0.2) is 0 Å². The van der Waals surface area contributed by atoms with Crippen molar-refractivity contribution < 1.29 is 13.9 Å². The van der Waals surface area contributed by atoms with Crippen molar-refractivity contribution in [3.05, 3.63) is 23.3 Å². The van der Waals surface area contributed by atoms with Gasteiger partial charge in [-0.15, -0.1) is 0 Å². The number of rotatable bonds is 5. The first-order chi connectivity index (χ1) is 8.28. The molecule has 1 aromatic rings. The molecule has 1 atom stereocenters. The van der Waals surface area contributed by atoms with Crippen molar-refractivity contribution in [2.45, 2.75) is 38.9 Å². The van der Waals surface area contributed by atoms with Crippen LogP contribution < -0.4 is 15.2 Å². The van der Waals surface area contributed by atoms with Gasteiger partial charge in [-0.3, -0.25) is 0 Å². The predicted octanol–water partition coefficient (Wildman–Crippen LogP) is 3.01. The van der Waals surface area contributed by atoms with Crippen LogP contribution in [-0.4, -0.2) is 19.8 Å². The van der Waals surface area contributed by atoms with Crippen molar-refractivity contribution in [3.63, 3.8) is 0 Å². The number of alkyl halides is 1. The highest BCUT2D eigenvalue weighted by molar-refractivity contribution is 5.48. The summed E-state index contributed by atoms with van der Waals surface area (Å²) in [7, 11) is 3.10. The van der Waals surface area contributed by atoms with Crippen molar-refractivity contribution in [1.82, 2.24) is 0 Å². The van der Waals surface area contributed by atoms with E-state index in [1.807, 2.05) is 13.8 Å². The first kappa shape index (κ1) is 14.8. The van der Waals surface area contributed by atoms with Gasteiger partial charge in [0, 0.05) is 17.2 Å². The van der Waals surface area contributed by atoms with Crippen LogP contribution in [0.2, 0.25) is 0 Å². The van der Waals surface area contributed by atoms with Gasteiger partial charge in [0.2, 0.25) is 0 Å². The summed E-state index contributed by atoms with van der Waals surface area (Å²) in [6.45, 7) is 5.34. The Labute approximate surface area is 108 Å². The highest BCUT2D eigenvalue weighted by Crippen LogP contribution is 2.35. The molecular weight excluding hydrogens is 233 g/mol. The Morgan fingerprint density at radius 2 is 1.78 bits per heavy atom. The van der Waals surface area contributed by atoms with Crippen molar-refractivity contribution in [2.24, 2.45) is 5.73 Å². The fourth-order valence-corrected chi connectivity index (χ4v) is 1.93. The van der Waals surface area contributed by atoms with E-state index in [9.17, 15) is 4.39 Å². The number of methoxy groups -OCH3 is 2. The minimum Gasteiger partial charge on any atom is -0.496 e. The van der Waals surface area contributed by atoms with Crippen molar-refractivity contribution in [1.29, 1.82) is 0 Å². The number of ether oxygens (including phenoxy) is 2. The largest absolute Gasteiger partial charge is 0.496 e. The van der Waals surface area contributed by atoms with Crippen LogP contribution in [0.1, 0.15) is 38.1 Å². The number of hydrogen-bond acceptors (Lipinski definition) is 3. The third-order valence-electron chi connectivity index (χ3n) is 2.71. The van der Waals surface area contributed by atoms with Crippen LogP contribution in [0.25, 0.3) is 0 Å². The van der Waals surface area contributed by atoms with E-state index >= 15 is 0 Å². The summed E-state index contributed by atoms with van der Waals surface area (Å²) in [6.07, 6.45) is -0.481. The molecule has 0 aliphatic carbocycles. The Morgan fingerprint density at radius 1 is 1.22 bits per heavy atom. The van der Waals surface area contributed by atoms with Gasteiger partial charge in [0.25, 0.3) is 0 Å². The monoisotopic (exact) mass is 255 g/mol. The summed E-state index contributed by atoms with van der Waals surface area (Å²) in [5, 5.41) is 0. The quantitative estimate of drug-likeness (QED) is 0.879. The number of hydrogen-bond donors (Lipinski definition) is 1. The van der Waals surface area contributed by atoms with Gasteiger partial charge in [-0.05, 0) is 38.8 Å². The Balaban J connectivity index is 3.27. The molecule has 0 aliphatic heterocycles. The second-order valence-corrected chi connectivity index (χ2v) is 5.19. The molecule has 0 aliphatic rings. The molecule has 18 heavy (non-hydrogen) atoms. The summed E-state index contributed by atoms with van der Waals surface area (Å²) in [4.78, 5) is 0. The molecule has 3 nitrogen and oxygen atoms in total. The standard InChI is InChI=1S/C14H22FNO2/c1-9(15)11-6-10(8-14(2,3)16)12(17-4)7-13(11)18-5/h6-7,9H,8,16H2,1-5H3.